The molecule has 88 valence electrons. The van der Waals surface area contributed by atoms with E-state index in [1.165, 1.54) is 12.1 Å². The van der Waals surface area contributed by atoms with Gasteiger partial charge in [-0.15, -0.1) is 0 Å². The summed E-state index contributed by atoms with van der Waals surface area (Å²) in [7, 11) is 0. The molecule has 0 saturated heterocycles. The number of amidine groups is 1. The number of oxime groups is 1. The first-order valence-corrected chi connectivity index (χ1v) is 5.50. The van der Waals surface area contributed by atoms with Crippen LogP contribution in [0.15, 0.2) is 27.8 Å². The molecule has 1 unspecified atom stereocenters. The highest BCUT2D eigenvalue weighted by Gasteiger charge is 2.07. The lowest BCUT2D eigenvalue weighted by molar-refractivity contribution is 0.316. The van der Waals surface area contributed by atoms with Crippen molar-refractivity contribution < 1.29 is 9.60 Å². The van der Waals surface area contributed by atoms with Crippen molar-refractivity contribution in [3.8, 4) is 0 Å². The van der Waals surface area contributed by atoms with E-state index in [0.29, 0.717) is 10.9 Å². The van der Waals surface area contributed by atoms with Gasteiger partial charge in [-0.1, -0.05) is 5.16 Å². The van der Waals surface area contributed by atoms with Crippen molar-refractivity contribution >= 4 is 27.5 Å². The molecule has 0 spiro atoms. The summed E-state index contributed by atoms with van der Waals surface area (Å²) in [6, 6.07) is 4.35. The molecule has 0 heterocycles. The second kappa shape index (κ2) is 5.69. The second-order valence-electron chi connectivity index (χ2n) is 3.47. The Morgan fingerprint density at radius 2 is 2.38 bits per heavy atom. The van der Waals surface area contributed by atoms with E-state index in [2.05, 4.69) is 26.4 Å². The summed E-state index contributed by atoms with van der Waals surface area (Å²) < 4.78 is 13.5. The van der Waals surface area contributed by atoms with Crippen LogP contribution in [0.3, 0.4) is 0 Å². The van der Waals surface area contributed by atoms with E-state index < -0.39 is 0 Å². The van der Waals surface area contributed by atoms with Gasteiger partial charge in [-0.2, -0.15) is 0 Å². The number of nitrogens with two attached hydrogens (primary N) is 1. The lowest BCUT2D eigenvalue weighted by atomic mass is 10.2. The van der Waals surface area contributed by atoms with Crippen LogP contribution in [-0.4, -0.2) is 17.1 Å². The van der Waals surface area contributed by atoms with Gasteiger partial charge >= 0.3 is 0 Å². The molecular formula is C10H13BrFN3O. The molecule has 16 heavy (non-hydrogen) atoms. The van der Waals surface area contributed by atoms with Gasteiger partial charge in [-0.3, -0.25) is 0 Å². The first-order valence-electron chi connectivity index (χ1n) is 4.71. The first-order chi connectivity index (χ1) is 7.52. The third-order valence-electron chi connectivity index (χ3n) is 1.98. The monoisotopic (exact) mass is 289 g/mol. The lowest BCUT2D eigenvalue weighted by Gasteiger charge is -2.15. The molecular weight excluding hydrogens is 277 g/mol. The van der Waals surface area contributed by atoms with Crippen molar-refractivity contribution in [2.75, 3.05) is 5.32 Å². The average molecular weight is 290 g/mol. The Kier molecular flexibility index (Phi) is 4.54. The van der Waals surface area contributed by atoms with Gasteiger partial charge in [-0.25, -0.2) is 4.39 Å². The number of hydrogen-bond donors (Lipinski definition) is 3. The normalized spacial score (nSPS) is 13.6. The van der Waals surface area contributed by atoms with Crippen LogP contribution in [-0.2, 0) is 0 Å². The molecule has 0 aromatic heterocycles. The Labute approximate surface area is 101 Å². The van der Waals surface area contributed by atoms with Crippen molar-refractivity contribution in [1.82, 2.24) is 0 Å². The zero-order valence-electron chi connectivity index (χ0n) is 8.74. The minimum atomic E-state index is -0.304. The minimum absolute atomic E-state index is 0.0161. The van der Waals surface area contributed by atoms with Crippen molar-refractivity contribution in [2.45, 2.75) is 19.4 Å². The lowest BCUT2D eigenvalue weighted by Crippen LogP contribution is -2.24. The van der Waals surface area contributed by atoms with Gasteiger partial charge in [0.2, 0.25) is 0 Å². The van der Waals surface area contributed by atoms with Gasteiger partial charge in [0.15, 0.2) is 0 Å². The highest BCUT2D eigenvalue weighted by atomic mass is 79.9. The molecule has 4 N–H and O–H groups in total. The largest absolute Gasteiger partial charge is 0.409 e. The SMILES string of the molecule is CC(CC(N)=NO)Nc1ccc(F)cc1Br. The van der Waals surface area contributed by atoms with E-state index in [9.17, 15) is 4.39 Å². The van der Waals surface area contributed by atoms with E-state index in [0.717, 1.165) is 5.69 Å². The van der Waals surface area contributed by atoms with Crippen LogP contribution in [0.5, 0.6) is 0 Å². The van der Waals surface area contributed by atoms with Crippen LogP contribution in [0.2, 0.25) is 0 Å². The van der Waals surface area contributed by atoms with Crippen LogP contribution < -0.4 is 11.1 Å². The third kappa shape index (κ3) is 3.69. The summed E-state index contributed by atoms with van der Waals surface area (Å²) in [5, 5.41) is 14.4. The maximum atomic E-state index is 12.8. The van der Waals surface area contributed by atoms with Crippen LogP contribution in [0, 0.1) is 5.82 Å². The number of halogens is 2. The third-order valence-corrected chi connectivity index (χ3v) is 2.63. The van der Waals surface area contributed by atoms with Crippen LogP contribution >= 0.6 is 15.9 Å². The number of rotatable bonds is 4. The Balaban J connectivity index is 2.66. The molecule has 1 aromatic rings. The Morgan fingerprint density at radius 3 is 2.94 bits per heavy atom. The van der Waals surface area contributed by atoms with Gasteiger partial charge in [-0.05, 0) is 41.1 Å². The molecule has 0 aliphatic rings. The molecule has 0 aliphatic carbocycles. The van der Waals surface area contributed by atoms with E-state index in [1.54, 1.807) is 6.07 Å². The number of hydrogen-bond acceptors (Lipinski definition) is 3. The molecule has 6 heteroatoms. The van der Waals surface area contributed by atoms with E-state index in [1.807, 2.05) is 6.92 Å². The van der Waals surface area contributed by atoms with Gasteiger partial charge in [0.25, 0.3) is 0 Å². The van der Waals surface area contributed by atoms with Crippen LogP contribution in [0.25, 0.3) is 0 Å². The molecule has 4 nitrogen and oxygen atoms in total. The quantitative estimate of drug-likeness (QED) is 0.345. The van der Waals surface area contributed by atoms with Crippen LogP contribution in [0.1, 0.15) is 13.3 Å². The van der Waals surface area contributed by atoms with Crippen molar-refractivity contribution in [3.05, 3.63) is 28.5 Å². The topological polar surface area (TPSA) is 70.6 Å². The molecule has 1 aromatic carbocycles. The van der Waals surface area contributed by atoms with Gasteiger partial charge < -0.3 is 16.3 Å². The fraction of sp³-hybridized carbons (Fsp3) is 0.300. The summed E-state index contributed by atoms with van der Waals surface area (Å²) in [5.74, 6) is -0.153. The maximum absolute atomic E-state index is 12.8. The fourth-order valence-corrected chi connectivity index (χ4v) is 1.74. The van der Waals surface area contributed by atoms with Gasteiger partial charge in [0.05, 0.1) is 0 Å². The van der Waals surface area contributed by atoms with Crippen molar-refractivity contribution in [2.24, 2.45) is 10.9 Å². The van der Waals surface area contributed by atoms with Crippen LogP contribution in [0.4, 0.5) is 10.1 Å². The molecule has 0 bridgehead atoms. The molecule has 0 amide bonds. The molecule has 0 radical (unpaired) electrons. The second-order valence-corrected chi connectivity index (χ2v) is 4.32. The summed E-state index contributed by atoms with van der Waals surface area (Å²) in [6.07, 6.45) is 0.403. The molecule has 0 fully saturated rings. The van der Waals surface area contributed by atoms with Crippen molar-refractivity contribution in [3.63, 3.8) is 0 Å². The average Bonchev–Trinajstić information content (AvgIpc) is 2.22. The molecule has 0 saturated carbocycles. The van der Waals surface area contributed by atoms with E-state index >= 15 is 0 Å². The molecule has 1 rings (SSSR count). The van der Waals surface area contributed by atoms with Gasteiger partial charge in [0, 0.05) is 22.6 Å². The predicted octanol–water partition coefficient (Wildman–Crippen LogP) is 2.53. The molecule has 0 aliphatic heterocycles. The summed E-state index contributed by atoms with van der Waals surface area (Å²) in [4.78, 5) is 0. The summed E-state index contributed by atoms with van der Waals surface area (Å²) >= 11 is 3.25. The number of anilines is 1. The van der Waals surface area contributed by atoms with Gasteiger partial charge in [0.1, 0.15) is 11.7 Å². The number of benzene rings is 1. The Hall–Kier alpha value is -1.30. The summed E-state index contributed by atoms with van der Waals surface area (Å²) in [6.45, 7) is 1.88. The highest BCUT2D eigenvalue weighted by Crippen LogP contribution is 2.23. The van der Waals surface area contributed by atoms with E-state index in [4.69, 9.17) is 10.9 Å². The zero-order valence-corrected chi connectivity index (χ0v) is 10.3. The molecule has 1 atom stereocenters. The summed E-state index contributed by atoms with van der Waals surface area (Å²) in [5.41, 5.74) is 6.14. The highest BCUT2D eigenvalue weighted by molar-refractivity contribution is 9.10. The zero-order chi connectivity index (χ0) is 12.1. The Bertz CT molecular complexity index is 398. The maximum Gasteiger partial charge on any atom is 0.141 e. The van der Waals surface area contributed by atoms with Crippen molar-refractivity contribution in [1.29, 1.82) is 0 Å². The fourth-order valence-electron chi connectivity index (χ4n) is 1.28. The Morgan fingerprint density at radius 1 is 1.69 bits per heavy atom. The first kappa shape index (κ1) is 12.8. The predicted molar refractivity (Wildman–Crippen MR) is 65.2 cm³/mol. The number of nitrogens with one attached hydrogen (secondary N) is 1. The van der Waals surface area contributed by atoms with E-state index in [-0.39, 0.29) is 17.7 Å². The minimum Gasteiger partial charge on any atom is -0.409 e. The standard InChI is InChI=1S/C10H13BrFN3O/c1-6(4-10(13)15-16)14-9-3-2-7(12)5-8(9)11/h2-3,5-6,14,16H,4H2,1H3,(H2,13,15). The number of nitrogens with zero attached hydrogens (tertiary/aromatic N) is 1. The smallest absolute Gasteiger partial charge is 0.141 e.